The smallest absolute Gasteiger partial charge is 0.291 e. The van der Waals surface area contributed by atoms with E-state index in [4.69, 9.17) is 14.6 Å². The summed E-state index contributed by atoms with van der Waals surface area (Å²) in [6.45, 7) is 26.6. The molecule has 6 rings (SSSR count). The van der Waals surface area contributed by atoms with Crippen molar-refractivity contribution in [2.45, 2.75) is 104 Å². The summed E-state index contributed by atoms with van der Waals surface area (Å²) in [6, 6.07) is 20.6. The van der Waals surface area contributed by atoms with Gasteiger partial charge in [0.2, 0.25) is 23.1 Å². The summed E-state index contributed by atoms with van der Waals surface area (Å²) in [5.41, 5.74) is 9.90. The van der Waals surface area contributed by atoms with Crippen molar-refractivity contribution in [1.29, 1.82) is 0 Å². The number of Topliss-reactive ketones (excluding diaryl/α,β-unsaturated/α-hetero) is 6. The number of nitrogens with two attached hydrogens (primary N) is 1. The first kappa shape index (κ1) is 62.9. The number of amides is 2. The monoisotopic (exact) mass is 1050 g/mol. The van der Waals surface area contributed by atoms with Crippen LogP contribution in [0, 0.1) is 75.9 Å². The number of anilines is 3. The molecule has 2 aromatic carbocycles. The number of furan rings is 2. The second kappa shape index (κ2) is 27.4. The Bertz CT molecular complexity index is 3200. The Kier molecular flexibility index (Phi) is 22.1. The van der Waals surface area contributed by atoms with Crippen molar-refractivity contribution in [2.24, 2.45) is 21.7 Å². The highest BCUT2D eigenvalue weighted by atomic mass is 16.3. The summed E-state index contributed by atoms with van der Waals surface area (Å²) in [6.07, 6.45) is 5.97. The van der Waals surface area contributed by atoms with Crippen molar-refractivity contribution >= 4 is 63.6 Å². The molecule has 404 valence electrons. The zero-order chi connectivity index (χ0) is 58.8. The van der Waals surface area contributed by atoms with Crippen molar-refractivity contribution in [3.8, 4) is 47.4 Å². The molecule has 0 bridgehead atoms. The molecule has 0 radical (unpaired) electrons. The van der Waals surface area contributed by atoms with E-state index in [1.165, 1.54) is 38.5 Å². The summed E-state index contributed by atoms with van der Waals surface area (Å²) in [5, 5.41) is 5.49. The van der Waals surface area contributed by atoms with E-state index in [9.17, 15) is 38.4 Å². The Morgan fingerprint density at radius 3 is 1.17 bits per heavy atom. The number of ketones is 6. The van der Waals surface area contributed by atoms with Gasteiger partial charge >= 0.3 is 0 Å². The molecule has 0 fully saturated rings. The van der Waals surface area contributed by atoms with Crippen molar-refractivity contribution in [1.82, 2.24) is 9.97 Å². The number of aromatic amines is 2. The normalized spacial score (nSPS) is 10.6. The molecule has 0 aliphatic carbocycles. The third-order valence-electron chi connectivity index (χ3n) is 10.2. The SMILES string of the molecule is CC(=O)c1cc(C#CC(=O)C(C)(C)C)c[nH]1.CC(=O)c1cc(C#CC(=O)C(C)(C)C)co1.CC(C)(C)C(=O)C#Cc1c[nH]c(C(=O)Nc2ccc(N)cc2)c1.Cc1ccc(NC(=O)c2cc(C#CC(=O)C(C)(C)C)co2)cc1. The minimum Gasteiger partial charge on any atom is -0.460 e. The van der Waals surface area contributed by atoms with Gasteiger partial charge in [0.1, 0.15) is 18.2 Å². The Hall–Kier alpha value is -9.44. The van der Waals surface area contributed by atoms with Crippen molar-refractivity contribution in [3.63, 3.8) is 0 Å². The zero-order valence-electron chi connectivity index (χ0n) is 46.9. The highest BCUT2D eigenvalue weighted by Crippen LogP contribution is 2.19. The number of H-pyrrole nitrogens is 2. The van der Waals surface area contributed by atoms with Crippen molar-refractivity contribution < 1.29 is 47.2 Å². The van der Waals surface area contributed by atoms with Crippen LogP contribution in [0.1, 0.15) is 167 Å². The van der Waals surface area contributed by atoms with Crippen LogP contribution in [0.3, 0.4) is 0 Å². The Balaban J connectivity index is 0.000000278. The Labute approximate surface area is 456 Å². The predicted octanol–water partition coefficient (Wildman–Crippen LogP) is 11.3. The third-order valence-corrected chi connectivity index (χ3v) is 10.2. The molecule has 6 aromatic rings. The maximum absolute atomic E-state index is 12.1. The number of benzene rings is 2. The highest BCUT2D eigenvalue weighted by Gasteiger charge is 2.22. The molecule has 0 aliphatic heterocycles. The minimum absolute atomic E-state index is 0.0461. The number of aromatic nitrogens is 2. The summed E-state index contributed by atoms with van der Waals surface area (Å²) in [4.78, 5) is 98.4. The number of nitrogen functional groups attached to an aromatic ring is 1. The molecule has 0 aliphatic rings. The topological polar surface area (TPSA) is 244 Å². The lowest BCUT2D eigenvalue weighted by molar-refractivity contribution is -0.121. The van der Waals surface area contributed by atoms with Crippen LogP contribution in [0.15, 0.2) is 107 Å². The lowest BCUT2D eigenvalue weighted by Crippen LogP contribution is -2.17. The molecular formula is C63H67N5O10. The van der Waals surface area contributed by atoms with E-state index in [1.54, 1.807) is 90.3 Å². The number of carbonyl (C=O) groups is 8. The standard InChI is InChI=1S/C19H19NO3.C18H19N3O2.C13H15NO2.C13H14O3/c1-13-5-8-15(9-6-13)20-18(22)16-11-14(12-23-16)7-10-17(21)19(2,3)4;1-18(2,3)16(22)9-4-12-10-15(20-11-12)17(23)21-14-7-5-13(19)6-8-14;1-9(15)11-7-10(8-14-11)5-6-12(16)13(2,3)4;1-9(14)11-7-10(8-16-11)5-6-12(15)13(2,3)4/h5-6,8-9,11-12H,1-4H3,(H,20,22);5-8,10-11,20H,19H2,1-3H3,(H,21,23);7-8,14H,1-4H3;7-8H,1-4H3. The van der Waals surface area contributed by atoms with Crippen LogP contribution in [0.5, 0.6) is 0 Å². The molecule has 0 spiro atoms. The lowest BCUT2D eigenvalue weighted by atomic mass is 9.91. The van der Waals surface area contributed by atoms with Crippen molar-refractivity contribution in [2.75, 3.05) is 16.4 Å². The molecule has 15 nitrogen and oxygen atoms in total. The van der Waals surface area contributed by atoms with Gasteiger partial charge in [0.15, 0.2) is 23.1 Å². The van der Waals surface area contributed by atoms with Gasteiger partial charge in [-0.05, 0) is 79.1 Å². The lowest BCUT2D eigenvalue weighted by Gasteiger charge is -2.10. The molecule has 0 saturated heterocycles. The van der Waals surface area contributed by atoms with Crippen LogP contribution in [0.4, 0.5) is 17.1 Å². The van der Waals surface area contributed by atoms with Gasteiger partial charge in [-0.25, -0.2) is 0 Å². The van der Waals surface area contributed by atoms with Crippen LogP contribution in [0.2, 0.25) is 0 Å². The second-order valence-corrected chi connectivity index (χ2v) is 21.8. The van der Waals surface area contributed by atoms with Crippen molar-refractivity contribution in [3.05, 3.63) is 148 Å². The van der Waals surface area contributed by atoms with E-state index in [-0.39, 0.29) is 58.0 Å². The predicted molar refractivity (Wildman–Crippen MR) is 302 cm³/mol. The minimum atomic E-state index is -0.512. The zero-order valence-corrected chi connectivity index (χ0v) is 46.9. The van der Waals surface area contributed by atoms with Gasteiger partial charge in [-0.15, -0.1) is 0 Å². The second-order valence-electron chi connectivity index (χ2n) is 21.8. The molecular weight excluding hydrogens is 987 g/mol. The summed E-state index contributed by atoms with van der Waals surface area (Å²) in [7, 11) is 0. The first-order chi connectivity index (χ1) is 36.1. The average Bonchev–Trinajstić information content (AvgIpc) is 4.20. The highest BCUT2D eigenvalue weighted by molar-refractivity contribution is 6.05. The van der Waals surface area contributed by atoms with E-state index in [0.717, 1.165) is 5.56 Å². The van der Waals surface area contributed by atoms with Crippen LogP contribution >= 0.6 is 0 Å². The summed E-state index contributed by atoms with van der Waals surface area (Å²) < 4.78 is 10.2. The Morgan fingerprint density at radius 2 is 0.795 bits per heavy atom. The van der Waals surface area contributed by atoms with E-state index < -0.39 is 21.7 Å². The number of hydrogen-bond donors (Lipinski definition) is 5. The van der Waals surface area contributed by atoms with Crippen LogP contribution in [-0.2, 0) is 19.2 Å². The summed E-state index contributed by atoms with van der Waals surface area (Å²) in [5.74, 6) is 20.2. The number of rotatable bonds is 6. The first-order valence-corrected chi connectivity index (χ1v) is 24.5. The number of carbonyl (C=O) groups excluding carboxylic acids is 8. The molecule has 4 heterocycles. The van der Waals surface area contributed by atoms with E-state index in [0.29, 0.717) is 50.7 Å². The molecule has 4 aromatic heterocycles. The van der Waals surface area contributed by atoms with Gasteiger partial charge in [0.25, 0.3) is 11.8 Å². The molecule has 2 amide bonds. The maximum Gasteiger partial charge on any atom is 0.291 e. The van der Waals surface area contributed by atoms with Gasteiger partial charge in [-0.3, -0.25) is 38.4 Å². The molecule has 0 saturated carbocycles. The third kappa shape index (κ3) is 21.8. The van der Waals surface area contributed by atoms with Gasteiger partial charge < -0.3 is 35.2 Å². The van der Waals surface area contributed by atoms with E-state index in [1.807, 2.05) is 72.7 Å². The Morgan fingerprint density at radius 1 is 0.449 bits per heavy atom. The molecule has 0 unspecified atom stereocenters. The van der Waals surface area contributed by atoms with Gasteiger partial charge in [-0.1, -0.05) is 124 Å². The van der Waals surface area contributed by atoms with Crippen LogP contribution in [-0.4, -0.2) is 56.5 Å². The van der Waals surface area contributed by atoms with Gasteiger partial charge in [0, 0.05) is 88.2 Å². The average molecular weight is 1050 g/mol. The maximum atomic E-state index is 12.1. The fraction of sp³-hybridized carbons (Fsp3) is 0.302. The molecule has 78 heavy (non-hydrogen) atoms. The number of aryl methyl sites for hydroxylation is 1. The number of hydrogen-bond acceptors (Lipinski definition) is 11. The van der Waals surface area contributed by atoms with Gasteiger partial charge in [0.05, 0.1) is 16.8 Å². The van der Waals surface area contributed by atoms with Crippen LogP contribution < -0.4 is 16.4 Å². The fourth-order valence-corrected chi connectivity index (χ4v) is 5.23. The van der Waals surface area contributed by atoms with Crippen LogP contribution in [0.25, 0.3) is 0 Å². The number of nitrogens with one attached hydrogen (secondary N) is 4. The molecule has 6 N–H and O–H groups in total. The first-order valence-electron chi connectivity index (χ1n) is 24.5. The van der Waals surface area contributed by atoms with Gasteiger partial charge in [-0.2, -0.15) is 0 Å². The molecule has 15 heteroatoms. The quantitative estimate of drug-likeness (QED) is 0.0596. The van der Waals surface area contributed by atoms with E-state index in [2.05, 4.69) is 68.0 Å². The largest absolute Gasteiger partial charge is 0.460 e. The van der Waals surface area contributed by atoms with E-state index >= 15 is 0 Å². The molecule has 0 atom stereocenters. The fourth-order valence-electron chi connectivity index (χ4n) is 5.23. The summed E-state index contributed by atoms with van der Waals surface area (Å²) >= 11 is 0.